The number of hydrogen-bond donors (Lipinski definition) is 3. The van der Waals surface area contributed by atoms with Crippen LogP contribution in [0.4, 0.5) is 5.82 Å². The molecule has 11 nitrogen and oxygen atoms in total. The number of pyridine rings is 1. The van der Waals surface area contributed by atoms with Crippen LogP contribution in [0.25, 0.3) is 22.3 Å². The first-order chi connectivity index (χ1) is 19.0. The average molecular weight is 531 g/mol. The molecule has 39 heavy (non-hydrogen) atoms. The Labute approximate surface area is 227 Å². The zero-order valence-electron chi connectivity index (χ0n) is 22.5. The van der Waals surface area contributed by atoms with Gasteiger partial charge in [0.05, 0.1) is 25.5 Å². The monoisotopic (exact) mass is 530 g/mol. The number of aliphatic hydroxyl groups excluding tert-OH is 1. The van der Waals surface area contributed by atoms with Crippen molar-refractivity contribution in [1.82, 2.24) is 34.9 Å². The number of aromatic nitrogens is 5. The van der Waals surface area contributed by atoms with Crippen LogP contribution in [0.5, 0.6) is 5.75 Å². The molecule has 11 heteroatoms. The van der Waals surface area contributed by atoms with Crippen molar-refractivity contribution in [2.24, 2.45) is 0 Å². The van der Waals surface area contributed by atoms with Crippen LogP contribution in [-0.2, 0) is 11.3 Å². The first kappa shape index (κ1) is 26.5. The SMILES string of the molecule is CNC(O)c1ccc(C(C)CNc2cc(-c3cnc4c(cnn4CCN4CCCC4=O)c3)ncn2)c(OC)c1. The molecule has 1 aliphatic rings. The number of carbonyl (C=O) groups is 1. The summed E-state index contributed by atoms with van der Waals surface area (Å²) in [6, 6.07) is 9.66. The second kappa shape index (κ2) is 11.7. The summed E-state index contributed by atoms with van der Waals surface area (Å²) >= 11 is 0. The Kier molecular flexibility index (Phi) is 7.99. The molecule has 1 saturated heterocycles. The first-order valence-corrected chi connectivity index (χ1v) is 13.2. The number of likely N-dealkylation sites (tertiary alicyclic amines) is 1. The predicted molar refractivity (Wildman–Crippen MR) is 148 cm³/mol. The molecule has 3 aromatic heterocycles. The lowest BCUT2D eigenvalue weighted by atomic mass is 9.98. The highest BCUT2D eigenvalue weighted by atomic mass is 16.5. The van der Waals surface area contributed by atoms with E-state index in [0.29, 0.717) is 31.9 Å². The van der Waals surface area contributed by atoms with Gasteiger partial charge < -0.3 is 20.1 Å². The summed E-state index contributed by atoms with van der Waals surface area (Å²) in [7, 11) is 3.34. The minimum Gasteiger partial charge on any atom is -0.496 e. The third kappa shape index (κ3) is 5.84. The van der Waals surface area contributed by atoms with Crippen molar-refractivity contribution in [2.45, 2.75) is 38.5 Å². The van der Waals surface area contributed by atoms with Crippen LogP contribution in [0.15, 0.2) is 49.1 Å². The zero-order chi connectivity index (χ0) is 27.4. The number of aliphatic hydroxyl groups is 1. The number of hydrogen-bond acceptors (Lipinski definition) is 9. The van der Waals surface area contributed by atoms with Gasteiger partial charge in [-0.1, -0.05) is 19.1 Å². The van der Waals surface area contributed by atoms with E-state index in [4.69, 9.17) is 4.74 Å². The lowest BCUT2D eigenvalue weighted by molar-refractivity contribution is -0.127. The van der Waals surface area contributed by atoms with E-state index in [9.17, 15) is 9.90 Å². The molecule has 0 aliphatic carbocycles. The summed E-state index contributed by atoms with van der Waals surface area (Å²) in [5.41, 5.74) is 4.20. The topological polar surface area (TPSA) is 130 Å². The number of methoxy groups -OCH3 is 1. The van der Waals surface area contributed by atoms with Crippen LogP contribution >= 0.6 is 0 Å². The summed E-state index contributed by atoms with van der Waals surface area (Å²) in [5.74, 6) is 1.77. The maximum absolute atomic E-state index is 11.9. The van der Waals surface area contributed by atoms with E-state index in [1.165, 1.54) is 6.33 Å². The van der Waals surface area contributed by atoms with Gasteiger partial charge in [0.2, 0.25) is 5.91 Å². The molecule has 1 fully saturated rings. The Hall–Kier alpha value is -4.09. The molecule has 0 saturated carbocycles. The Bertz CT molecular complexity index is 1460. The maximum atomic E-state index is 11.9. The molecule has 2 atom stereocenters. The number of fused-ring (bicyclic) bond motifs is 1. The molecule has 3 N–H and O–H groups in total. The van der Waals surface area contributed by atoms with Gasteiger partial charge >= 0.3 is 0 Å². The van der Waals surface area contributed by atoms with Gasteiger partial charge in [0.1, 0.15) is 24.1 Å². The molecule has 4 aromatic rings. The largest absolute Gasteiger partial charge is 0.496 e. The number of nitrogens with one attached hydrogen (secondary N) is 2. The molecule has 2 unspecified atom stereocenters. The van der Waals surface area contributed by atoms with Crippen molar-refractivity contribution in [3.8, 4) is 17.0 Å². The van der Waals surface area contributed by atoms with E-state index in [1.807, 2.05) is 39.9 Å². The average Bonchev–Trinajstić information content (AvgIpc) is 3.58. The summed E-state index contributed by atoms with van der Waals surface area (Å²) < 4.78 is 7.44. The van der Waals surface area contributed by atoms with E-state index in [1.54, 1.807) is 26.6 Å². The zero-order valence-corrected chi connectivity index (χ0v) is 22.5. The number of benzene rings is 1. The van der Waals surface area contributed by atoms with Crippen molar-refractivity contribution in [3.63, 3.8) is 0 Å². The van der Waals surface area contributed by atoms with Crippen molar-refractivity contribution in [2.75, 3.05) is 39.1 Å². The Balaban J connectivity index is 1.26. The molecule has 1 aliphatic heterocycles. The smallest absolute Gasteiger partial charge is 0.222 e. The van der Waals surface area contributed by atoms with Gasteiger partial charge in [0.15, 0.2) is 5.65 Å². The third-order valence-electron chi connectivity index (χ3n) is 7.16. The van der Waals surface area contributed by atoms with Crippen molar-refractivity contribution in [1.29, 1.82) is 0 Å². The standard InChI is InChI=1S/C28H34N8O3/c1-18(22-7-6-19(28(38)29-2)12-24(22)39-3)14-30-25-13-23(32-17-33-25)20-11-21-16-34-36(27(21)31-15-20)10-9-35-8-4-5-26(35)37/h6-7,11-13,15-18,28-29,38H,4-5,8-10,14H2,1-3H3,(H,30,32,33). The minimum absolute atomic E-state index is 0.124. The summed E-state index contributed by atoms with van der Waals surface area (Å²) in [5, 5.41) is 21.7. The normalized spacial score (nSPS) is 15.1. The molecular weight excluding hydrogens is 496 g/mol. The number of amides is 1. The van der Waals surface area contributed by atoms with E-state index in [0.717, 1.165) is 52.1 Å². The van der Waals surface area contributed by atoms with Crippen LogP contribution in [0.2, 0.25) is 0 Å². The Morgan fingerprint density at radius 1 is 1.13 bits per heavy atom. The van der Waals surface area contributed by atoms with Gasteiger partial charge in [-0.05, 0) is 36.7 Å². The summed E-state index contributed by atoms with van der Waals surface area (Å²) in [4.78, 5) is 27.3. The van der Waals surface area contributed by atoms with Crippen LogP contribution in [0, 0.1) is 0 Å². The number of ether oxygens (including phenoxy) is 1. The van der Waals surface area contributed by atoms with Gasteiger partial charge in [0.25, 0.3) is 0 Å². The summed E-state index contributed by atoms with van der Waals surface area (Å²) in [6.07, 6.45) is 5.95. The highest BCUT2D eigenvalue weighted by Gasteiger charge is 2.20. The van der Waals surface area contributed by atoms with Crippen LogP contribution in [0.3, 0.4) is 0 Å². The van der Waals surface area contributed by atoms with Crippen LogP contribution in [0.1, 0.15) is 43.0 Å². The van der Waals surface area contributed by atoms with E-state index < -0.39 is 6.23 Å². The van der Waals surface area contributed by atoms with Gasteiger partial charge in [-0.2, -0.15) is 5.10 Å². The van der Waals surface area contributed by atoms with Gasteiger partial charge in [-0.25, -0.2) is 19.6 Å². The summed E-state index contributed by atoms with van der Waals surface area (Å²) in [6.45, 7) is 4.82. The molecule has 0 radical (unpaired) electrons. The number of anilines is 1. The molecule has 5 rings (SSSR count). The second-order valence-corrected chi connectivity index (χ2v) is 9.75. The first-order valence-electron chi connectivity index (χ1n) is 13.2. The number of carbonyl (C=O) groups excluding carboxylic acids is 1. The molecule has 0 spiro atoms. The third-order valence-corrected chi connectivity index (χ3v) is 7.16. The Morgan fingerprint density at radius 3 is 2.77 bits per heavy atom. The molecule has 4 heterocycles. The van der Waals surface area contributed by atoms with E-state index in [2.05, 4.69) is 37.6 Å². The van der Waals surface area contributed by atoms with Gasteiger partial charge in [-0.15, -0.1) is 0 Å². The van der Waals surface area contributed by atoms with Crippen LogP contribution in [-0.4, -0.2) is 74.4 Å². The molecule has 1 amide bonds. The molecular formula is C28H34N8O3. The fraction of sp³-hybridized carbons (Fsp3) is 0.393. The predicted octanol–water partition coefficient (Wildman–Crippen LogP) is 2.95. The fourth-order valence-corrected chi connectivity index (χ4v) is 4.88. The second-order valence-electron chi connectivity index (χ2n) is 9.75. The highest BCUT2D eigenvalue weighted by Crippen LogP contribution is 2.30. The van der Waals surface area contributed by atoms with E-state index >= 15 is 0 Å². The molecule has 204 valence electrons. The van der Waals surface area contributed by atoms with Gasteiger partial charge in [0, 0.05) is 55.2 Å². The highest BCUT2D eigenvalue weighted by molar-refractivity contribution is 5.80. The molecule has 1 aromatic carbocycles. The lowest BCUT2D eigenvalue weighted by Crippen LogP contribution is -2.28. The Morgan fingerprint density at radius 2 is 2.00 bits per heavy atom. The number of nitrogens with zero attached hydrogens (tertiary/aromatic N) is 6. The van der Waals surface area contributed by atoms with Gasteiger partial charge in [-0.3, -0.25) is 10.1 Å². The quantitative estimate of drug-likeness (QED) is 0.251. The fourth-order valence-electron chi connectivity index (χ4n) is 4.88. The minimum atomic E-state index is -0.746. The maximum Gasteiger partial charge on any atom is 0.222 e. The molecule has 0 bridgehead atoms. The van der Waals surface area contributed by atoms with E-state index in [-0.39, 0.29) is 11.8 Å². The van der Waals surface area contributed by atoms with Crippen molar-refractivity contribution < 1.29 is 14.6 Å². The number of rotatable bonds is 11. The van der Waals surface area contributed by atoms with Crippen molar-refractivity contribution in [3.05, 3.63) is 60.2 Å². The van der Waals surface area contributed by atoms with Crippen molar-refractivity contribution >= 4 is 22.8 Å². The lowest BCUT2D eigenvalue weighted by Gasteiger charge is -2.19. The van der Waals surface area contributed by atoms with Crippen LogP contribution < -0.4 is 15.4 Å².